The number of halogens is 1. The standard InChI is InChI=1S/C23H23FN2O4S/c1-14-8-9-20(11-15(14)2)31(29,30)22-16(3)10-17(4)26(23(22)28)13-21(27)25-19-7-5-6-18(24)12-19/h5-12H,13H2,1-4H3,(H,25,27). The molecule has 3 aromatic rings. The molecule has 0 atom stereocenters. The van der Waals surface area contributed by atoms with Crippen LogP contribution in [0.1, 0.15) is 22.4 Å². The molecule has 1 heterocycles. The zero-order valence-electron chi connectivity index (χ0n) is 17.7. The Kier molecular flexibility index (Phi) is 6.13. The molecule has 2 aromatic carbocycles. The predicted octanol–water partition coefficient (Wildman–Crippen LogP) is 3.69. The summed E-state index contributed by atoms with van der Waals surface area (Å²) in [5.74, 6) is -1.09. The SMILES string of the molecule is Cc1ccc(S(=O)(=O)c2c(C)cc(C)n(CC(=O)Nc3cccc(F)c3)c2=O)cc1C. The van der Waals surface area contributed by atoms with Crippen LogP contribution in [0.15, 0.2) is 63.1 Å². The maximum absolute atomic E-state index is 13.3. The van der Waals surface area contributed by atoms with E-state index in [0.717, 1.165) is 21.8 Å². The van der Waals surface area contributed by atoms with Gasteiger partial charge in [0.15, 0.2) is 0 Å². The summed E-state index contributed by atoms with van der Waals surface area (Å²) in [6, 6.07) is 11.6. The van der Waals surface area contributed by atoms with Crippen molar-refractivity contribution in [2.24, 2.45) is 0 Å². The molecule has 0 saturated heterocycles. The maximum atomic E-state index is 13.3. The van der Waals surface area contributed by atoms with E-state index < -0.39 is 33.7 Å². The first-order valence-corrected chi connectivity index (χ1v) is 11.1. The molecule has 3 rings (SSSR count). The quantitative estimate of drug-likeness (QED) is 0.653. The van der Waals surface area contributed by atoms with Gasteiger partial charge in [0, 0.05) is 11.4 Å². The second kappa shape index (κ2) is 8.47. The molecule has 1 N–H and O–H groups in total. The van der Waals surface area contributed by atoms with Gasteiger partial charge in [-0.25, -0.2) is 12.8 Å². The van der Waals surface area contributed by atoms with Crippen molar-refractivity contribution in [1.29, 1.82) is 0 Å². The zero-order valence-corrected chi connectivity index (χ0v) is 18.5. The molecule has 0 unspecified atom stereocenters. The van der Waals surface area contributed by atoms with Crippen molar-refractivity contribution in [2.75, 3.05) is 5.32 Å². The van der Waals surface area contributed by atoms with Crippen molar-refractivity contribution in [3.8, 4) is 0 Å². The van der Waals surface area contributed by atoms with Crippen molar-refractivity contribution in [2.45, 2.75) is 44.0 Å². The van der Waals surface area contributed by atoms with Crippen LogP contribution in [0.2, 0.25) is 0 Å². The van der Waals surface area contributed by atoms with Crippen molar-refractivity contribution < 1.29 is 17.6 Å². The summed E-state index contributed by atoms with van der Waals surface area (Å²) >= 11 is 0. The molecule has 1 amide bonds. The molecule has 0 bridgehead atoms. The van der Waals surface area contributed by atoms with Crippen LogP contribution < -0.4 is 10.9 Å². The number of carbonyl (C=O) groups is 1. The van der Waals surface area contributed by atoms with Crippen LogP contribution in [0.4, 0.5) is 10.1 Å². The number of carbonyl (C=O) groups excluding carboxylic acids is 1. The lowest BCUT2D eigenvalue weighted by Gasteiger charge is -2.15. The number of benzene rings is 2. The highest BCUT2D eigenvalue weighted by atomic mass is 32.2. The van der Waals surface area contributed by atoms with E-state index in [1.54, 1.807) is 32.9 Å². The van der Waals surface area contributed by atoms with Crippen LogP contribution >= 0.6 is 0 Å². The number of aromatic nitrogens is 1. The van der Waals surface area contributed by atoms with Gasteiger partial charge in [-0.3, -0.25) is 9.59 Å². The summed E-state index contributed by atoms with van der Waals surface area (Å²) in [6.07, 6.45) is 0. The summed E-state index contributed by atoms with van der Waals surface area (Å²) in [6.45, 7) is 6.44. The van der Waals surface area contributed by atoms with Crippen LogP contribution in [0.5, 0.6) is 0 Å². The summed E-state index contributed by atoms with van der Waals surface area (Å²) in [5, 5.41) is 2.52. The Bertz CT molecular complexity index is 1340. The highest BCUT2D eigenvalue weighted by Crippen LogP contribution is 2.24. The molecule has 0 aliphatic carbocycles. The summed E-state index contributed by atoms with van der Waals surface area (Å²) in [7, 11) is -4.09. The molecule has 162 valence electrons. The third-order valence-corrected chi connectivity index (χ3v) is 7.02. The van der Waals surface area contributed by atoms with Gasteiger partial charge in [0.25, 0.3) is 5.56 Å². The van der Waals surface area contributed by atoms with Gasteiger partial charge < -0.3 is 9.88 Å². The Morgan fingerprint density at radius 1 is 0.968 bits per heavy atom. The predicted molar refractivity (Wildman–Crippen MR) is 117 cm³/mol. The number of aryl methyl sites for hydroxylation is 4. The summed E-state index contributed by atoms with van der Waals surface area (Å²) < 4.78 is 41.0. The third-order valence-electron chi connectivity index (χ3n) is 5.12. The monoisotopic (exact) mass is 442 g/mol. The molecule has 0 aliphatic heterocycles. The minimum atomic E-state index is -4.09. The first-order valence-electron chi connectivity index (χ1n) is 9.59. The van der Waals surface area contributed by atoms with Gasteiger partial charge in [-0.1, -0.05) is 12.1 Å². The number of nitrogens with zero attached hydrogens (tertiary/aromatic N) is 1. The fourth-order valence-electron chi connectivity index (χ4n) is 3.34. The van der Waals surface area contributed by atoms with Crippen molar-refractivity contribution in [3.63, 3.8) is 0 Å². The molecular weight excluding hydrogens is 419 g/mol. The molecule has 6 nitrogen and oxygen atoms in total. The fraction of sp³-hybridized carbons (Fsp3) is 0.217. The number of hydrogen-bond acceptors (Lipinski definition) is 4. The second-order valence-electron chi connectivity index (χ2n) is 7.50. The Balaban J connectivity index is 2.02. The number of rotatable bonds is 5. The maximum Gasteiger partial charge on any atom is 0.270 e. The van der Waals surface area contributed by atoms with Crippen LogP contribution in [-0.2, 0) is 21.2 Å². The molecule has 0 aliphatic rings. The Morgan fingerprint density at radius 3 is 2.32 bits per heavy atom. The van der Waals surface area contributed by atoms with Gasteiger partial charge in [-0.05, 0) is 80.8 Å². The average molecular weight is 443 g/mol. The molecule has 0 radical (unpaired) electrons. The van der Waals surface area contributed by atoms with Gasteiger partial charge in [-0.15, -0.1) is 0 Å². The van der Waals surface area contributed by atoms with Crippen LogP contribution in [-0.4, -0.2) is 18.9 Å². The molecule has 1 aromatic heterocycles. The van der Waals surface area contributed by atoms with E-state index in [1.165, 1.54) is 30.3 Å². The highest BCUT2D eigenvalue weighted by molar-refractivity contribution is 7.91. The molecular formula is C23H23FN2O4S. The van der Waals surface area contributed by atoms with E-state index in [0.29, 0.717) is 11.3 Å². The first-order chi connectivity index (χ1) is 14.5. The number of sulfone groups is 1. The van der Waals surface area contributed by atoms with Gasteiger partial charge >= 0.3 is 0 Å². The molecule has 0 spiro atoms. The van der Waals surface area contributed by atoms with E-state index in [4.69, 9.17) is 0 Å². The minimum absolute atomic E-state index is 0.0235. The lowest BCUT2D eigenvalue weighted by molar-refractivity contribution is -0.116. The van der Waals surface area contributed by atoms with E-state index in [1.807, 2.05) is 6.92 Å². The molecule has 8 heteroatoms. The zero-order chi connectivity index (χ0) is 22.9. The average Bonchev–Trinajstić information content (AvgIpc) is 2.66. The first kappa shape index (κ1) is 22.4. The fourth-order valence-corrected chi connectivity index (χ4v) is 4.98. The number of pyridine rings is 1. The van der Waals surface area contributed by atoms with Crippen molar-refractivity contribution >= 4 is 21.4 Å². The number of anilines is 1. The van der Waals surface area contributed by atoms with E-state index in [9.17, 15) is 22.4 Å². The molecule has 0 fully saturated rings. The summed E-state index contributed by atoms with van der Waals surface area (Å²) in [5.41, 5.74) is 1.95. The van der Waals surface area contributed by atoms with Crippen LogP contribution in [0, 0.1) is 33.5 Å². The smallest absolute Gasteiger partial charge is 0.270 e. The number of nitrogens with one attached hydrogen (secondary N) is 1. The van der Waals surface area contributed by atoms with Gasteiger partial charge in [0.1, 0.15) is 17.3 Å². The van der Waals surface area contributed by atoms with Crippen LogP contribution in [0.25, 0.3) is 0 Å². The Morgan fingerprint density at radius 2 is 1.68 bits per heavy atom. The summed E-state index contributed by atoms with van der Waals surface area (Å²) in [4.78, 5) is 25.3. The Labute approximate surface area is 180 Å². The topological polar surface area (TPSA) is 85.2 Å². The van der Waals surface area contributed by atoms with Gasteiger partial charge in [0.2, 0.25) is 15.7 Å². The third kappa shape index (κ3) is 4.59. The Hall–Kier alpha value is -3.26. The van der Waals surface area contributed by atoms with Gasteiger partial charge in [-0.2, -0.15) is 0 Å². The molecule has 0 saturated carbocycles. The van der Waals surface area contributed by atoms with E-state index >= 15 is 0 Å². The highest BCUT2D eigenvalue weighted by Gasteiger charge is 2.26. The van der Waals surface area contributed by atoms with Gasteiger partial charge in [0.05, 0.1) is 4.90 Å². The minimum Gasteiger partial charge on any atom is -0.324 e. The van der Waals surface area contributed by atoms with Crippen molar-refractivity contribution in [3.05, 3.63) is 87.1 Å². The molecule has 31 heavy (non-hydrogen) atoms. The van der Waals surface area contributed by atoms with E-state index in [2.05, 4.69) is 5.32 Å². The van der Waals surface area contributed by atoms with E-state index in [-0.39, 0.29) is 15.5 Å². The van der Waals surface area contributed by atoms with Crippen LogP contribution in [0.3, 0.4) is 0 Å². The lowest BCUT2D eigenvalue weighted by Crippen LogP contribution is -2.33. The normalized spacial score (nSPS) is 11.4. The number of amides is 1. The lowest BCUT2D eigenvalue weighted by atomic mass is 10.1. The number of hydrogen-bond donors (Lipinski definition) is 1. The largest absolute Gasteiger partial charge is 0.324 e. The van der Waals surface area contributed by atoms with Crippen molar-refractivity contribution in [1.82, 2.24) is 4.57 Å². The second-order valence-corrected chi connectivity index (χ2v) is 9.38.